The number of methoxy groups -OCH3 is 1. The number of ether oxygens (including phenoxy) is 1. The predicted molar refractivity (Wildman–Crippen MR) is 57.6 cm³/mol. The fourth-order valence-electron chi connectivity index (χ4n) is 0.551. The minimum Gasteiger partial charge on any atom is -0.377 e. The van der Waals surface area contributed by atoms with Crippen LogP contribution in [0.25, 0.3) is 0 Å². The van der Waals surface area contributed by atoms with Crippen molar-refractivity contribution in [2.75, 3.05) is 7.11 Å². The number of rotatable bonds is 3. The molecule has 0 aliphatic carbocycles. The summed E-state index contributed by atoms with van der Waals surface area (Å²) >= 11 is 1.84. The fourth-order valence-corrected chi connectivity index (χ4v) is 1.28. The maximum atomic E-state index is 5.20. The van der Waals surface area contributed by atoms with Crippen molar-refractivity contribution < 1.29 is 4.74 Å². The number of thioether (sulfide) groups is 1. The largest absolute Gasteiger partial charge is 0.377 e. The third-order valence-electron chi connectivity index (χ3n) is 1.59. The summed E-state index contributed by atoms with van der Waals surface area (Å²) in [4.78, 5) is 0. The molecule has 0 fully saturated rings. The average molecular weight is 188 g/mol. The molecule has 0 amide bonds. The van der Waals surface area contributed by atoms with Crippen LogP contribution in [0, 0.1) is 0 Å². The van der Waals surface area contributed by atoms with Gasteiger partial charge in [-0.25, -0.2) is 0 Å². The molecule has 0 aliphatic heterocycles. The molecule has 72 valence electrons. The van der Waals surface area contributed by atoms with E-state index in [4.69, 9.17) is 4.74 Å². The number of hydrogen-bond donors (Lipinski definition) is 0. The van der Waals surface area contributed by atoms with Gasteiger partial charge < -0.3 is 4.74 Å². The summed E-state index contributed by atoms with van der Waals surface area (Å²) in [7, 11) is 1.74. The summed E-state index contributed by atoms with van der Waals surface area (Å²) in [6.07, 6.45) is 0.236. The Balaban J connectivity index is 4.01. The molecule has 0 N–H and O–H groups in total. The smallest absolute Gasteiger partial charge is 0.0758 e. The Labute approximate surface area is 80.6 Å². The SMILES string of the molecule is COC(C)/C(C)=C/SC(C)(C)C. The first-order valence-electron chi connectivity index (χ1n) is 4.24. The Morgan fingerprint density at radius 3 is 2.25 bits per heavy atom. The first-order chi connectivity index (χ1) is 5.37. The van der Waals surface area contributed by atoms with E-state index < -0.39 is 0 Å². The Morgan fingerprint density at radius 2 is 1.92 bits per heavy atom. The van der Waals surface area contributed by atoms with E-state index in [2.05, 4.69) is 40.0 Å². The highest BCUT2D eigenvalue weighted by Crippen LogP contribution is 2.26. The van der Waals surface area contributed by atoms with Crippen LogP contribution in [0.3, 0.4) is 0 Å². The lowest BCUT2D eigenvalue weighted by Crippen LogP contribution is -2.08. The van der Waals surface area contributed by atoms with Crippen molar-refractivity contribution in [2.45, 2.75) is 45.5 Å². The maximum absolute atomic E-state index is 5.20. The van der Waals surface area contributed by atoms with E-state index >= 15 is 0 Å². The van der Waals surface area contributed by atoms with Gasteiger partial charge in [-0.05, 0) is 24.8 Å². The maximum Gasteiger partial charge on any atom is 0.0758 e. The Hall–Kier alpha value is 0.0500. The zero-order valence-electron chi connectivity index (χ0n) is 8.97. The van der Waals surface area contributed by atoms with Gasteiger partial charge in [0.1, 0.15) is 0 Å². The quantitative estimate of drug-likeness (QED) is 0.671. The van der Waals surface area contributed by atoms with Gasteiger partial charge >= 0.3 is 0 Å². The minimum atomic E-state index is 0.236. The molecule has 1 atom stereocenters. The van der Waals surface area contributed by atoms with Crippen LogP contribution < -0.4 is 0 Å². The van der Waals surface area contributed by atoms with Crippen LogP contribution in [0.2, 0.25) is 0 Å². The lowest BCUT2D eigenvalue weighted by molar-refractivity contribution is 0.147. The van der Waals surface area contributed by atoms with Crippen LogP contribution in [-0.4, -0.2) is 18.0 Å². The molecule has 0 aromatic rings. The van der Waals surface area contributed by atoms with Gasteiger partial charge in [-0.2, -0.15) is 0 Å². The van der Waals surface area contributed by atoms with Crippen molar-refractivity contribution in [3.8, 4) is 0 Å². The summed E-state index contributed by atoms with van der Waals surface area (Å²) in [6.45, 7) is 10.8. The molecule has 1 nitrogen and oxygen atoms in total. The molecule has 0 aromatic carbocycles. The van der Waals surface area contributed by atoms with Crippen LogP contribution in [-0.2, 0) is 4.74 Å². The topological polar surface area (TPSA) is 9.23 Å². The average Bonchev–Trinajstić information content (AvgIpc) is 1.97. The molecule has 12 heavy (non-hydrogen) atoms. The lowest BCUT2D eigenvalue weighted by atomic mass is 10.2. The molecule has 2 heteroatoms. The standard InChI is InChI=1S/C10H20OS/c1-8(9(2)11-6)7-12-10(3,4)5/h7,9H,1-6H3/b8-7+. The molecule has 0 saturated heterocycles. The highest BCUT2D eigenvalue weighted by molar-refractivity contribution is 8.03. The molecule has 0 rings (SSSR count). The normalized spacial score (nSPS) is 16.3. The number of hydrogen-bond acceptors (Lipinski definition) is 2. The second-order valence-electron chi connectivity index (χ2n) is 3.97. The molecule has 0 aromatic heterocycles. The zero-order chi connectivity index (χ0) is 9.78. The fraction of sp³-hybridized carbons (Fsp3) is 0.800. The Kier molecular flexibility index (Phi) is 4.95. The molecular formula is C10H20OS. The van der Waals surface area contributed by atoms with Crippen molar-refractivity contribution in [1.29, 1.82) is 0 Å². The van der Waals surface area contributed by atoms with E-state index in [-0.39, 0.29) is 6.10 Å². The molecule has 1 unspecified atom stereocenters. The van der Waals surface area contributed by atoms with E-state index in [9.17, 15) is 0 Å². The minimum absolute atomic E-state index is 0.236. The second-order valence-corrected chi connectivity index (χ2v) is 5.67. The van der Waals surface area contributed by atoms with Crippen molar-refractivity contribution >= 4 is 11.8 Å². The third kappa shape index (κ3) is 5.67. The van der Waals surface area contributed by atoms with E-state index in [1.807, 2.05) is 11.8 Å². The highest BCUT2D eigenvalue weighted by atomic mass is 32.2. The van der Waals surface area contributed by atoms with Gasteiger partial charge in [-0.1, -0.05) is 20.8 Å². The summed E-state index contributed by atoms with van der Waals surface area (Å²) in [5.74, 6) is 0. The molecule has 0 aliphatic rings. The summed E-state index contributed by atoms with van der Waals surface area (Å²) < 4.78 is 5.50. The second kappa shape index (κ2) is 4.93. The molecule has 0 saturated carbocycles. The highest BCUT2D eigenvalue weighted by Gasteiger charge is 2.09. The molecule has 0 spiro atoms. The Morgan fingerprint density at radius 1 is 1.42 bits per heavy atom. The summed E-state index contributed by atoms with van der Waals surface area (Å²) in [5.41, 5.74) is 1.29. The van der Waals surface area contributed by atoms with Crippen LogP contribution >= 0.6 is 11.8 Å². The Bertz CT molecular complexity index is 156. The van der Waals surface area contributed by atoms with Crippen molar-refractivity contribution in [2.24, 2.45) is 0 Å². The van der Waals surface area contributed by atoms with Gasteiger partial charge in [0.05, 0.1) is 6.10 Å². The van der Waals surface area contributed by atoms with Crippen molar-refractivity contribution in [3.05, 3.63) is 11.0 Å². The van der Waals surface area contributed by atoms with Crippen LogP contribution in [0.4, 0.5) is 0 Å². The summed E-state index contributed by atoms with van der Waals surface area (Å²) in [5, 5.41) is 2.19. The van der Waals surface area contributed by atoms with Crippen LogP contribution in [0.15, 0.2) is 11.0 Å². The predicted octanol–water partition coefficient (Wildman–Crippen LogP) is 3.46. The van der Waals surface area contributed by atoms with Crippen LogP contribution in [0.1, 0.15) is 34.6 Å². The van der Waals surface area contributed by atoms with Gasteiger partial charge in [0.2, 0.25) is 0 Å². The van der Waals surface area contributed by atoms with Crippen molar-refractivity contribution in [3.63, 3.8) is 0 Å². The first-order valence-corrected chi connectivity index (χ1v) is 5.12. The van der Waals surface area contributed by atoms with E-state index in [0.29, 0.717) is 4.75 Å². The third-order valence-corrected chi connectivity index (χ3v) is 2.79. The van der Waals surface area contributed by atoms with Gasteiger partial charge in [0.15, 0.2) is 0 Å². The van der Waals surface area contributed by atoms with Crippen molar-refractivity contribution in [1.82, 2.24) is 0 Å². The zero-order valence-corrected chi connectivity index (χ0v) is 9.79. The van der Waals surface area contributed by atoms with Gasteiger partial charge in [-0.15, -0.1) is 11.8 Å². The summed E-state index contributed by atoms with van der Waals surface area (Å²) in [6, 6.07) is 0. The van der Waals surface area contributed by atoms with Crippen LogP contribution in [0.5, 0.6) is 0 Å². The molecular weight excluding hydrogens is 168 g/mol. The molecule has 0 radical (unpaired) electrons. The van der Waals surface area contributed by atoms with Gasteiger partial charge in [-0.3, -0.25) is 0 Å². The van der Waals surface area contributed by atoms with Gasteiger partial charge in [0, 0.05) is 11.9 Å². The van der Waals surface area contributed by atoms with Gasteiger partial charge in [0.25, 0.3) is 0 Å². The monoisotopic (exact) mass is 188 g/mol. The first kappa shape index (κ1) is 12.0. The van der Waals surface area contributed by atoms with E-state index in [1.165, 1.54) is 5.57 Å². The van der Waals surface area contributed by atoms with E-state index in [0.717, 1.165) is 0 Å². The lowest BCUT2D eigenvalue weighted by Gasteiger charge is -2.16. The van der Waals surface area contributed by atoms with E-state index in [1.54, 1.807) is 7.11 Å². The molecule has 0 heterocycles. The molecule has 0 bridgehead atoms.